The maximum atomic E-state index is 2.84. The second-order valence-electron chi connectivity index (χ2n) is 31.2. The van der Waals surface area contributed by atoms with Gasteiger partial charge in [-0.3, -0.25) is 0 Å². The monoisotopic (exact) mass is 1300 g/mol. The van der Waals surface area contributed by atoms with Crippen molar-refractivity contribution in [3.63, 3.8) is 0 Å². The van der Waals surface area contributed by atoms with Crippen molar-refractivity contribution < 1.29 is 0 Å². The van der Waals surface area contributed by atoms with Gasteiger partial charge in [-0.1, -0.05) is 262 Å². The summed E-state index contributed by atoms with van der Waals surface area (Å²) in [7, 11) is -8.52. The van der Waals surface area contributed by atoms with Crippen LogP contribution in [0.5, 0.6) is 0 Å². The van der Waals surface area contributed by atoms with Gasteiger partial charge in [0.25, 0.3) is 0 Å². The Morgan fingerprint density at radius 1 is 0.190 bits per heavy atom. The van der Waals surface area contributed by atoms with E-state index in [0.717, 1.165) is 0 Å². The first kappa shape index (κ1) is 65.4. The summed E-state index contributed by atoms with van der Waals surface area (Å²) >= 11 is 2.89. The Labute approximate surface area is 403 Å². The third-order valence-corrected chi connectivity index (χ3v) is 101. The summed E-state index contributed by atoms with van der Waals surface area (Å²) in [6.45, 7) is 99.6. The Morgan fingerprint density at radius 3 is 0.276 bits per heavy atom. The fraction of sp³-hybridized carbons (Fsp3) is 1.00. The molecule has 0 aliphatic rings. The van der Waals surface area contributed by atoms with E-state index in [2.05, 4.69) is 262 Å². The molecule has 0 bridgehead atoms. The van der Waals surface area contributed by atoms with Gasteiger partial charge in [0.1, 0.15) is 0 Å². The van der Waals surface area contributed by atoms with E-state index in [9.17, 15) is 0 Å². The molecule has 0 saturated heterocycles. The standard InChI is InChI=1S/2C25H57Si3.2Pb/c2*1-20(2,3)27(21(4,5)6,22(7,8)9)26(19)28(23(10,11)12,24(13,14)15)25(16,17)18;;/h2*1-19H3;;. The summed E-state index contributed by atoms with van der Waals surface area (Å²) in [5.74, 6) is 0. The minimum atomic E-state index is -1.80. The van der Waals surface area contributed by atoms with Gasteiger partial charge in [-0.05, 0) is 60.5 Å². The molecular formula is C50H114Pb2Si6. The molecule has 0 nitrogen and oxygen atoms in total. The van der Waals surface area contributed by atoms with Gasteiger partial charge >= 0.3 is 39.1 Å². The van der Waals surface area contributed by atoms with Crippen LogP contribution in [0.15, 0.2) is 0 Å². The molecule has 0 amide bonds. The quantitative estimate of drug-likeness (QED) is 0.246. The Balaban J connectivity index is -0.000001000. The van der Waals surface area contributed by atoms with Crippen LogP contribution >= 0.6 is 0 Å². The summed E-state index contributed by atoms with van der Waals surface area (Å²) in [4.78, 5) is 0. The van der Waals surface area contributed by atoms with Crippen molar-refractivity contribution >= 4 is 85.1 Å². The van der Waals surface area contributed by atoms with Crippen molar-refractivity contribution in [2.75, 3.05) is 0 Å². The van der Waals surface area contributed by atoms with E-state index in [-0.39, 0.29) is 0 Å². The average molecular weight is 1300 g/mol. The van der Waals surface area contributed by atoms with E-state index in [1.165, 1.54) is 39.1 Å². The third kappa shape index (κ3) is 10.9. The topological polar surface area (TPSA) is 0 Å². The SMILES string of the molecule is C[Si]([Si](C(C)(C)C)(C(C)(C)C)C(C)(C)C)[Si](C(C)(C)C)(C(C)(C)C)C(C)(C)C.C[Si]([Si](C(C)(C)C)(C(C)(C)C)C(C)(C)C)[Si](C(C)(C)C)(C(C)(C)C)C(C)(C)C.[Pb]#[Pb]. The van der Waals surface area contributed by atoms with Gasteiger partial charge in [-0.2, -0.15) is 0 Å². The van der Waals surface area contributed by atoms with Gasteiger partial charge in [-0.25, -0.2) is 0 Å². The Hall–Kier alpha value is 3.15. The first-order chi connectivity index (χ1) is 24.3. The van der Waals surface area contributed by atoms with Crippen molar-refractivity contribution in [1.29, 1.82) is 0 Å². The molecule has 0 spiro atoms. The van der Waals surface area contributed by atoms with Crippen LogP contribution in [0.25, 0.3) is 0 Å². The third-order valence-electron chi connectivity index (χ3n) is 15.8. The Morgan fingerprint density at radius 2 is 0.241 bits per heavy atom. The van der Waals surface area contributed by atoms with Crippen molar-refractivity contribution in [3.05, 3.63) is 0 Å². The van der Waals surface area contributed by atoms with Crippen molar-refractivity contribution in [3.8, 4) is 0 Å². The van der Waals surface area contributed by atoms with Crippen LogP contribution in [0.4, 0.5) is 0 Å². The zero-order valence-corrected chi connectivity index (χ0v) is 61.8. The molecular weight excluding hydrogens is 1180 g/mol. The zero-order chi connectivity index (χ0) is 49.2. The first-order valence-electron chi connectivity index (χ1n) is 23.2. The van der Waals surface area contributed by atoms with Gasteiger partial charge < -0.3 is 0 Å². The summed E-state index contributed by atoms with van der Waals surface area (Å²) in [5, 5.41) is 4.58. The van der Waals surface area contributed by atoms with Gasteiger partial charge in [0.05, 0.1) is 30.4 Å². The zero-order valence-electron chi connectivity index (χ0n) is 48.0. The Kier molecular flexibility index (Phi) is 21.5. The van der Waals surface area contributed by atoms with Gasteiger partial charge in [0.15, 0.2) is 0 Å². The van der Waals surface area contributed by atoms with Crippen LogP contribution in [0.3, 0.4) is 0 Å². The van der Waals surface area contributed by atoms with E-state index < -0.39 is 46.0 Å². The molecule has 346 valence electrons. The van der Waals surface area contributed by atoms with Crippen molar-refractivity contribution in [2.24, 2.45) is 0 Å². The van der Waals surface area contributed by atoms with Crippen LogP contribution in [0.2, 0.25) is 73.6 Å². The second-order valence-corrected chi connectivity index (χ2v) is 78.8. The Bertz CT molecular complexity index is 977. The molecule has 0 rings (SSSR count). The molecule has 8 heteroatoms. The van der Waals surface area contributed by atoms with Crippen molar-refractivity contribution in [1.82, 2.24) is 0 Å². The summed E-state index contributed by atoms with van der Waals surface area (Å²) in [5.41, 5.74) is 0. The van der Waals surface area contributed by atoms with Gasteiger partial charge in [0, 0.05) is 15.7 Å². The molecule has 0 aliphatic carbocycles. The molecule has 0 unspecified atom stereocenters. The van der Waals surface area contributed by atoms with E-state index >= 15 is 0 Å². The van der Waals surface area contributed by atoms with E-state index in [4.69, 9.17) is 0 Å². The molecule has 0 fully saturated rings. The molecule has 0 aromatic rings. The molecule has 0 saturated carbocycles. The van der Waals surface area contributed by atoms with Gasteiger partial charge in [0.2, 0.25) is 0 Å². The van der Waals surface area contributed by atoms with Crippen molar-refractivity contribution in [2.45, 2.75) is 323 Å². The van der Waals surface area contributed by atoms with Crippen LogP contribution in [-0.2, 0) is 0 Å². The predicted molar refractivity (Wildman–Crippen MR) is 294 cm³/mol. The van der Waals surface area contributed by atoms with E-state index in [1.54, 1.807) is 0 Å². The fourth-order valence-corrected chi connectivity index (χ4v) is 157. The first-order valence-corrected chi connectivity index (χ1v) is 58.2. The number of rotatable bonds is 4. The molecule has 58 heavy (non-hydrogen) atoms. The molecule has 0 aromatic heterocycles. The average Bonchev–Trinajstić information content (AvgIpc) is 2.75. The molecule has 0 aliphatic heterocycles. The number of hydrogen-bond donors (Lipinski definition) is 0. The van der Waals surface area contributed by atoms with E-state index in [0.29, 0.717) is 60.5 Å². The molecule has 0 aromatic carbocycles. The van der Waals surface area contributed by atoms with Crippen LogP contribution in [-0.4, -0.2) is 85.1 Å². The molecule has 4 radical (unpaired) electrons. The molecule has 0 N–H and O–H groups in total. The molecule has 0 heterocycles. The summed E-state index contributed by atoms with van der Waals surface area (Å²) in [6, 6.07) is 0. The number of hydrogen-bond acceptors (Lipinski definition) is 0. The maximum absolute atomic E-state index is 2.84. The molecule has 0 atom stereocenters. The predicted octanol–water partition coefficient (Wildman–Crippen LogP) is 19.2. The van der Waals surface area contributed by atoms with Crippen LogP contribution in [0.1, 0.15) is 249 Å². The minimum absolute atomic E-state index is 0.381. The van der Waals surface area contributed by atoms with E-state index in [1.807, 2.05) is 0 Å². The van der Waals surface area contributed by atoms with Crippen LogP contribution in [0, 0.1) is 0 Å². The summed E-state index contributed by atoms with van der Waals surface area (Å²) < 4.78 is 0. The fourth-order valence-electron chi connectivity index (χ4n) is 20.8. The normalized spacial score (nSPS) is 16.2. The second kappa shape index (κ2) is 19.0. The summed E-state index contributed by atoms with van der Waals surface area (Å²) in [6.07, 6.45) is 0. The van der Waals surface area contributed by atoms with Crippen LogP contribution < -0.4 is 0 Å². The van der Waals surface area contributed by atoms with Gasteiger partial charge in [-0.15, -0.1) is 0 Å².